The Hall–Kier alpha value is -2.30. The molecule has 0 aliphatic heterocycles. The maximum absolute atomic E-state index is 5.74. The molecule has 3 rings (SSSR count). The molecule has 3 aromatic rings. The van der Waals surface area contributed by atoms with E-state index in [2.05, 4.69) is 16.3 Å². The van der Waals surface area contributed by atoms with E-state index in [1.54, 1.807) is 6.20 Å². The minimum atomic E-state index is 0.447. The van der Waals surface area contributed by atoms with E-state index < -0.39 is 0 Å². The third-order valence-corrected chi connectivity index (χ3v) is 2.76. The van der Waals surface area contributed by atoms with E-state index in [-0.39, 0.29) is 0 Å². The van der Waals surface area contributed by atoms with E-state index in [1.807, 2.05) is 29.9 Å². The summed E-state index contributed by atoms with van der Waals surface area (Å²) < 4.78 is 7.05. The normalized spacial score (nSPS) is 11.1. The van der Waals surface area contributed by atoms with Crippen molar-refractivity contribution in [3.63, 3.8) is 0 Å². The lowest BCUT2D eigenvalue weighted by Crippen LogP contribution is -2.00. The molecule has 0 atom stereocenters. The smallest absolute Gasteiger partial charge is 0.175 e. The minimum Gasteiger partial charge on any atom is -0.380 e. The average Bonchev–Trinajstić information content (AvgIpc) is 2.89. The second-order valence-electron chi connectivity index (χ2n) is 4.06. The number of rotatable bonds is 2. The van der Waals surface area contributed by atoms with Crippen molar-refractivity contribution in [2.24, 2.45) is 0 Å². The first-order valence-electron chi connectivity index (χ1n) is 5.36. The fraction of sp³-hybridized carbons (Fsp3) is 0.167. The molecule has 2 N–H and O–H groups in total. The van der Waals surface area contributed by atoms with Gasteiger partial charge in [-0.1, -0.05) is 11.2 Å². The molecule has 0 radical (unpaired) electrons. The molecular formula is C12H12N4O. The Balaban J connectivity index is 2.07. The van der Waals surface area contributed by atoms with Crippen LogP contribution in [0, 0.1) is 6.92 Å². The van der Waals surface area contributed by atoms with E-state index in [0.29, 0.717) is 12.4 Å². The molecule has 1 aromatic carbocycles. The first-order chi connectivity index (χ1) is 8.24. The largest absolute Gasteiger partial charge is 0.380 e. The molecule has 0 saturated heterocycles. The maximum atomic E-state index is 5.74. The van der Waals surface area contributed by atoms with Crippen LogP contribution in [0.15, 0.2) is 35.1 Å². The summed E-state index contributed by atoms with van der Waals surface area (Å²) in [7, 11) is 0. The SMILES string of the molecule is Cc1cc(Cn2cccn2)cc2onc(N)c12. The zero-order chi connectivity index (χ0) is 11.8. The standard InChI is InChI=1S/C12H12N4O/c1-8-5-9(7-16-4-2-3-14-16)6-10-11(8)12(13)15-17-10/h2-6H,7H2,1H3,(H2,13,15). The van der Waals surface area contributed by atoms with E-state index in [9.17, 15) is 0 Å². The minimum absolute atomic E-state index is 0.447. The van der Waals surface area contributed by atoms with Crippen LogP contribution < -0.4 is 5.73 Å². The van der Waals surface area contributed by atoms with Crippen LogP contribution in [-0.2, 0) is 6.54 Å². The summed E-state index contributed by atoms with van der Waals surface area (Å²) >= 11 is 0. The van der Waals surface area contributed by atoms with Crippen molar-refractivity contribution in [3.05, 3.63) is 41.7 Å². The number of aromatic nitrogens is 3. The van der Waals surface area contributed by atoms with Gasteiger partial charge in [-0.25, -0.2) is 0 Å². The van der Waals surface area contributed by atoms with Gasteiger partial charge >= 0.3 is 0 Å². The highest BCUT2D eigenvalue weighted by atomic mass is 16.5. The molecule has 2 aromatic heterocycles. The summed E-state index contributed by atoms with van der Waals surface area (Å²) in [5, 5.41) is 8.84. The molecule has 0 amide bonds. The van der Waals surface area contributed by atoms with Crippen LogP contribution in [0.4, 0.5) is 5.82 Å². The average molecular weight is 228 g/mol. The summed E-state index contributed by atoms with van der Waals surface area (Å²) in [6.07, 6.45) is 3.69. The van der Waals surface area contributed by atoms with E-state index in [1.165, 1.54) is 0 Å². The molecule has 0 spiro atoms. The van der Waals surface area contributed by atoms with E-state index in [0.717, 1.165) is 22.1 Å². The molecule has 0 aliphatic carbocycles. The molecule has 86 valence electrons. The van der Waals surface area contributed by atoms with Gasteiger partial charge in [0.25, 0.3) is 0 Å². The Kier molecular flexibility index (Phi) is 2.11. The molecule has 17 heavy (non-hydrogen) atoms. The lowest BCUT2D eigenvalue weighted by molar-refractivity contribution is 0.460. The molecule has 5 heteroatoms. The molecule has 5 nitrogen and oxygen atoms in total. The number of benzene rings is 1. The Morgan fingerprint density at radius 1 is 1.41 bits per heavy atom. The highest BCUT2D eigenvalue weighted by Crippen LogP contribution is 2.25. The van der Waals surface area contributed by atoms with Crippen molar-refractivity contribution in [3.8, 4) is 0 Å². The van der Waals surface area contributed by atoms with Crippen LogP contribution in [0.2, 0.25) is 0 Å². The molecule has 0 bridgehead atoms. The molecule has 0 unspecified atom stereocenters. The van der Waals surface area contributed by atoms with Crippen LogP contribution in [0.1, 0.15) is 11.1 Å². The van der Waals surface area contributed by atoms with Gasteiger partial charge < -0.3 is 10.3 Å². The quantitative estimate of drug-likeness (QED) is 0.728. The van der Waals surface area contributed by atoms with Crippen molar-refractivity contribution >= 4 is 16.8 Å². The second-order valence-corrected chi connectivity index (χ2v) is 4.06. The highest BCUT2D eigenvalue weighted by Gasteiger charge is 2.09. The van der Waals surface area contributed by atoms with Crippen molar-refractivity contribution in [1.82, 2.24) is 14.9 Å². The first kappa shape index (κ1) is 9.89. The first-order valence-corrected chi connectivity index (χ1v) is 5.36. The van der Waals surface area contributed by atoms with Crippen LogP contribution in [0.3, 0.4) is 0 Å². The molecule has 0 saturated carbocycles. The Bertz CT molecular complexity index is 655. The summed E-state index contributed by atoms with van der Waals surface area (Å²) in [6.45, 7) is 2.72. The van der Waals surface area contributed by atoms with Gasteiger partial charge in [-0.15, -0.1) is 0 Å². The number of nitrogen functional groups attached to an aromatic ring is 1. The lowest BCUT2D eigenvalue weighted by Gasteiger charge is -2.03. The number of anilines is 1. The van der Waals surface area contributed by atoms with Gasteiger partial charge in [-0.2, -0.15) is 5.10 Å². The summed E-state index contributed by atoms with van der Waals surface area (Å²) in [6, 6.07) is 5.93. The zero-order valence-corrected chi connectivity index (χ0v) is 9.42. The predicted octanol–water partition coefficient (Wildman–Crippen LogP) is 1.96. The third-order valence-electron chi connectivity index (χ3n) is 2.76. The van der Waals surface area contributed by atoms with Gasteiger partial charge in [0.05, 0.1) is 11.9 Å². The van der Waals surface area contributed by atoms with E-state index in [4.69, 9.17) is 10.3 Å². The molecule has 0 aliphatic rings. The van der Waals surface area contributed by atoms with Gasteiger partial charge in [0, 0.05) is 12.4 Å². The maximum Gasteiger partial charge on any atom is 0.175 e. The Morgan fingerprint density at radius 2 is 2.29 bits per heavy atom. The van der Waals surface area contributed by atoms with Crippen molar-refractivity contribution in [2.45, 2.75) is 13.5 Å². The number of aryl methyl sites for hydroxylation is 1. The Labute approximate surface area is 97.8 Å². The number of nitrogens with two attached hydrogens (primary N) is 1. The number of hydrogen-bond acceptors (Lipinski definition) is 4. The van der Waals surface area contributed by atoms with Crippen LogP contribution in [0.25, 0.3) is 11.0 Å². The van der Waals surface area contributed by atoms with Gasteiger partial charge in [0.2, 0.25) is 0 Å². The van der Waals surface area contributed by atoms with E-state index >= 15 is 0 Å². The van der Waals surface area contributed by atoms with Crippen molar-refractivity contribution < 1.29 is 4.52 Å². The van der Waals surface area contributed by atoms with Crippen molar-refractivity contribution in [2.75, 3.05) is 5.73 Å². The highest BCUT2D eigenvalue weighted by molar-refractivity contribution is 5.90. The van der Waals surface area contributed by atoms with Crippen LogP contribution in [0.5, 0.6) is 0 Å². The number of fused-ring (bicyclic) bond motifs is 1. The summed E-state index contributed by atoms with van der Waals surface area (Å²) in [4.78, 5) is 0. The van der Waals surface area contributed by atoms with Gasteiger partial charge in [-0.3, -0.25) is 4.68 Å². The van der Waals surface area contributed by atoms with Crippen LogP contribution >= 0.6 is 0 Å². The van der Waals surface area contributed by atoms with Gasteiger partial charge in [-0.05, 0) is 30.2 Å². The fourth-order valence-corrected chi connectivity index (χ4v) is 2.04. The Morgan fingerprint density at radius 3 is 3.06 bits per heavy atom. The third kappa shape index (κ3) is 1.65. The summed E-state index contributed by atoms with van der Waals surface area (Å²) in [5.74, 6) is 0.447. The number of nitrogens with zero attached hydrogens (tertiary/aromatic N) is 3. The second kappa shape index (κ2) is 3.62. The number of hydrogen-bond donors (Lipinski definition) is 1. The lowest BCUT2D eigenvalue weighted by atomic mass is 10.1. The van der Waals surface area contributed by atoms with Crippen molar-refractivity contribution in [1.29, 1.82) is 0 Å². The zero-order valence-electron chi connectivity index (χ0n) is 9.42. The predicted molar refractivity (Wildman–Crippen MR) is 64.5 cm³/mol. The van der Waals surface area contributed by atoms with Gasteiger partial charge in [0.15, 0.2) is 11.4 Å². The molecule has 2 heterocycles. The molecular weight excluding hydrogens is 216 g/mol. The molecule has 0 fully saturated rings. The monoisotopic (exact) mass is 228 g/mol. The topological polar surface area (TPSA) is 69.9 Å². The summed E-state index contributed by atoms with van der Waals surface area (Å²) in [5.41, 5.74) is 8.66. The fourth-order valence-electron chi connectivity index (χ4n) is 2.04. The van der Waals surface area contributed by atoms with Gasteiger partial charge in [0.1, 0.15) is 0 Å². The van der Waals surface area contributed by atoms with Crippen LogP contribution in [-0.4, -0.2) is 14.9 Å².